The van der Waals surface area contributed by atoms with Crippen molar-refractivity contribution in [1.82, 2.24) is 0 Å². The van der Waals surface area contributed by atoms with E-state index in [4.69, 9.17) is 0 Å². The molecule has 0 saturated carbocycles. The van der Waals surface area contributed by atoms with Crippen LogP contribution in [0.2, 0.25) is 0 Å². The van der Waals surface area contributed by atoms with Crippen LogP contribution in [0, 0.1) is 0 Å². The summed E-state index contributed by atoms with van der Waals surface area (Å²) in [7, 11) is 0. The lowest BCUT2D eigenvalue weighted by atomic mass is 9.96. The number of alkyl halides is 11. The van der Waals surface area contributed by atoms with E-state index in [2.05, 4.69) is 0 Å². The lowest BCUT2D eigenvalue weighted by molar-refractivity contribution is -0.699. The van der Waals surface area contributed by atoms with Gasteiger partial charge in [-0.1, -0.05) is 6.07 Å². The molecule has 0 aromatic carbocycles. The van der Waals surface area contributed by atoms with Crippen molar-refractivity contribution in [2.75, 3.05) is 0 Å². The summed E-state index contributed by atoms with van der Waals surface area (Å²) >= 11 is 0. The average Bonchev–Trinajstić information content (AvgIpc) is 2.43. The van der Waals surface area contributed by atoms with Gasteiger partial charge in [0.1, 0.15) is 0 Å². The maximum Gasteiger partial charge on any atom is 0.460 e. The summed E-state index contributed by atoms with van der Waals surface area (Å²) in [5.74, 6) is -25.1. The number of pyridine rings is 1. The van der Waals surface area contributed by atoms with Gasteiger partial charge in [0.05, 0.1) is 12.8 Å². The number of hydrogen-bond donors (Lipinski definition) is 0. The molecule has 0 amide bonds. The zero-order chi connectivity index (χ0) is 19.7. The van der Waals surface area contributed by atoms with Crippen LogP contribution in [0.3, 0.4) is 0 Å². The molecule has 0 spiro atoms. The zero-order valence-corrected chi connectivity index (χ0v) is 14.6. The molecule has 1 nitrogen and oxygen atoms in total. The molecule has 0 aliphatic carbocycles. The largest absolute Gasteiger partial charge is 1.00 e. The highest BCUT2D eigenvalue weighted by Gasteiger charge is 2.82. The van der Waals surface area contributed by atoms with E-state index in [1.807, 2.05) is 0 Å². The lowest BCUT2D eigenvalue weighted by Crippen LogP contribution is -3.00. The second-order valence-corrected chi connectivity index (χ2v) is 5.25. The number of rotatable bonds is 7. The molecule has 0 aliphatic rings. The van der Waals surface area contributed by atoms with Gasteiger partial charge in [-0.15, -0.1) is 0 Å². The minimum atomic E-state index is -7.17. The molecule has 0 bridgehead atoms. The van der Waals surface area contributed by atoms with Gasteiger partial charge in [0.15, 0.2) is 18.9 Å². The predicted molar refractivity (Wildman–Crippen MR) is 61.7 cm³/mol. The second-order valence-electron chi connectivity index (χ2n) is 5.25. The van der Waals surface area contributed by atoms with Crippen molar-refractivity contribution in [2.45, 2.75) is 49.3 Å². The number of aromatic nitrogens is 1. The Morgan fingerprint density at radius 2 is 1.12 bits per heavy atom. The first-order chi connectivity index (χ1) is 11.0. The number of aryl methyl sites for hydroxylation is 1. The molecule has 1 aromatic rings. The Kier molecular flexibility index (Phi) is 7.73. The van der Waals surface area contributed by atoms with Gasteiger partial charge in [0, 0.05) is 12.1 Å². The van der Waals surface area contributed by atoms with Crippen molar-refractivity contribution >= 4 is 0 Å². The first kappa shape index (κ1) is 25.1. The Hall–Kier alpha value is -0.890. The first-order valence-electron chi connectivity index (χ1n) is 6.56. The van der Waals surface area contributed by atoms with Crippen molar-refractivity contribution in [3.8, 4) is 0 Å². The van der Waals surface area contributed by atoms with Crippen LogP contribution in [0.1, 0.15) is 12.8 Å². The molecule has 0 atom stereocenters. The van der Waals surface area contributed by atoms with E-state index in [0.717, 1.165) is 4.57 Å². The van der Waals surface area contributed by atoms with Crippen LogP contribution in [0.25, 0.3) is 0 Å². The van der Waals surface area contributed by atoms with Crippen LogP contribution in [0.15, 0.2) is 30.6 Å². The Balaban J connectivity index is 0.00000625. The van der Waals surface area contributed by atoms with Crippen LogP contribution in [-0.2, 0) is 6.54 Å². The normalized spacial score (nSPS) is 14.1. The molecular formula is C13H11F11IN. The molecule has 13 heteroatoms. The molecular weight excluding hydrogens is 506 g/mol. The van der Waals surface area contributed by atoms with Gasteiger partial charge < -0.3 is 24.0 Å². The van der Waals surface area contributed by atoms with Crippen LogP contribution >= 0.6 is 0 Å². The summed E-state index contributed by atoms with van der Waals surface area (Å²) in [5.41, 5.74) is 0. The first-order valence-corrected chi connectivity index (χ1v) is 6.56. The molecule has 26 heavy (non-hydrogen) atoms. The van der Waals surface area contributed by atoms with Gasteiger partial charge in [-0.2, -0.15) is 39.5 Å². The number of nitrogens with zero attached hydrogens (tertiary/aromatic N) is 1. The molecule has 1 aromatic heterocycles. The predicted octanol–water partition coefficient (Wildman–Crippen LogP) is 1.86. The maximum absolute atomic E-state index is 13.5. The fourth-order valence-electron chi connectivity index (χ4n) is 1.81. The second kappa shape index (κ2) is 8.00. The van der Waals surface area contributed by atoms with Gasteiger partial charge in [0.2, 0.25) is 0 Å². The van der Waals surface area contributed by atoms with E-state index >= 15 is 0 Å². The molecule has 0 N–H and O–H groups in total. The minimum Gasteiger partial charge on any atom is -1.00 e. The monoisotopic (exact) mass is 517 g/mol. The highest BCUT2D eigenvalue weighted by molar-refractivity contribution is 5.01. The Labute approximate surface area is 157 Å². The lowest BCUT2D eigenvalue weighted by Gasteiger charge is -2.35. The van der Waals surface area contributed by atoms with E-state index in [1.54, 1.807) is 0 Å². The van der Waals surface area contributed by atoms with E-state index in [-0.39, 0.29) is 24.0 Å². The van der Waals surface area contributed by atoms with Crippen molar-refractivity contribution in [1.29, 1.82) is 0 Å². The molecule has 0 unspecified atom stereocenters. The average molecular weight is 517 g/mol. The van der Waals surface area contributed by atoms with Crippen molar-refractivity contribution in [3.63, 3.8) is 0 Å². The molecule has 1 heterocycles. The van der Waals surface area contributed by atoms with E-state index in [0.29, 0.717) is 0 Å². The van der Waals surface area contributed by atoms with Crippen LogP contribution < -0.4 is 28.5 Å². The smallest absolute Gasteiger partial charge is 0.460 e. The van der Waals surface area contributed by atoms with E-state index in [1.165, 1.54) is 30.6 Å². The Morgan fingerprint density at radius 1 is 0.654 bits per heavy atom. The summed E-state index contributed by atoms with van der Waals surface area (Å²) in [6.07, 6.45) is -9.19. The fraction of sp³-hybridized carbons (Fsp3) is 0.615. The third kappa shape index (κ3) is 5.31. The van der Waals surface area contributed by atoms with Crippen LogP contribution in [0.4, 0.5) is 48.3 Å². The molecule has 0 fully saturated rings. The zero-order valence-electron chi connectivity index (χ0n) is 12.5. The summed E-state index contributed by atoms with van der Waals surface area (Å²) in [6, 6.07) is 4.25. The van der Waals surface area contributed by atoms with Gasteiger partial charge in [-0.3, -0.25) is 0 Å². The highest BCUT2D eigenvalue weighted by atomic mass is 127. The quantitative estimate of drug-likeness (QED) is 0.296. The van der Waals surface area contributed by atoms with Gasteiger partial charge >= 0.3 is 23.9 Å². The minimum absolute atomic E-state index is 0. The topological polar surface area (TPSA) is 3.88 Å². The summed E-state index contributed by atoms with van der Waals surface area (Å²) in [6.45, 7) is -0.648. The van der Waals surface area contributed by atoms with Gasteiger partial charge in [-0.25, -0.2) is 13.3 Å². The molecule has 152 valence electrons. The maximum atomic E-state index is 13.5. The summed E-state index contributed by atoms with van der Waals surface area (Å²) in [5, 5.41) is 0. The molecule has 0 saturated heterocycles. The van der Waals surface area contributed by atoms with E-state index in [9.17, 15) is 48.3 Å². The van der Waals surface area contributed by atoms with E-state index < -0.39 is 49.3 Å². The summed E-state index contributed by atoms with van der Waals surface area (Å²) in [4.78, 5) is 0. The van der Waals surface area contributed by atoms with Crippen molar-refractivity contribution in [2.24, 2.45) is 0 Å². The fourth-order valence-corrected chi connectivity index (χ4v) is 1.81. The van der Waals surface area contributed by atoms with Crippen LogP contribution in [-0.4, -0.2) is 29.9 Å². The van der Waals surface area contributed by atoms with Gasteiger partial charge in [0.25, 0.3) is 5.92 Å². The molecule has 0 aliphatic heterocycles. The SMILES string of the molecule is FC(F)(CC[n+]1ccccc1)CC(F)(F)C(F)(F)C(F)(F)C(F)(F)F.[I-]. The molecule has 0 radical (unpaired) electrons. The standard InChI is InChI=1S/C13H11F11N.HI/c14-9(15,4-7-25-5-2-1-3-6-25)8-10(16,17)11(18,19)12(20,21)13(22,23)24;/h1-3,5-6H,4,7-8H2;1H/q+1;/p-1. The highest BCUT2D eigenvalue weighted by Crippen LogP contribution is 2.55. The third-order valence-electron chi connectivity index (χ3n) is 3.20. The number of halogens is 12. The number of hydrogen-bond acceptors (Lipinski definition) is 0. The van der Waals surface area contributed by atoms with Crippen molar-refractivity contribution in [3.05, 3.63) is 30.6 Å². The third-order valence-corrected chi connectivity index (χ3v) is 3.20. The van der Waals surface area contributed by atoms with Crippen LogP contribution in [0.5, 0.6) is 0 Å². The summed E-state index contributed by atoms with van der Waals surface area (Å²) < 4.78 is 141. The molecule has 1 rings (SSSR count). The van der Waals surface area contributed by atoms with Gasteiger partial charge in [-0.05, 0) is 0 Å². The Bertz CT molecular complexity index is 571. The van der Waals surface area contributed by atoms with Crippen molar-refractivity contribution < 1.29 is 76.8 Å². The Morgan fingerprint density at radius 3 is 1.54 bits per heavy atom.